The Morgan fingerprint density at radius 2 is 1.90 bits per heavy atom. The van der Waals surface area contributed by atoms with Crippen molar-refractivity contribution in [3.63, 3.8) is 0 Å². The van der Waals surface area contributed by atoms with Crippen molar-refractivity contribution in [3.05, 3.63) is 23.8 Å². The van der Waals surface area contributed by atoms with Crippen LogP contribution in [0.4, 0.5) is 5.69 Å². The van der Waals surface area contributed by atoms with Crippen molar-refractivity contribution in [2.45, 2.75) is 25.5 Å². The van der Waals surface area contributed by atoms with E-state index < -0.39 is 20.6 Å². The molecule has 2 N–H and O–H groups in total. The Hall–Kier alpha value is -1.76. The molecule has 0 spiro atoms. The lowest BCUT2D eigenvalue weighted by Gasteiger charge is -2.19. The molecule has 0 aliphatic heterocycles. The summed E-state index contributed by atoms with van der Waals surface area (Å²) in [7, 11) is -2.00. The average Bonchev–Trinajstić information content (AvgIpc) is 2.38. The van der Waals surface area contributed by atoms with Gasteiger partial charge in [0, 0.05) is 0 Å². The maximum Gasteiger partial charge on any atom is 0.337 e. The van der Waals surface area contributed by atoms with Crippen molar-refractivity contribution in [1.29, 1.82) is 0 Å². The van der Waals surface area contributed by atoms with Gasteiger partial charge in [0.2, 0.25) is 0 Å². The number of carbonyl (C=O) groups is 1. The second kappa shape index (κ2) is 6.34. The molecule has 1 aromatic carbocycles. The largest absolute Gasteiger partial charge is 0.490 e. The van der Waals surface area contributed by atoms with Gasteiger partial charge < -0.3 is 15.2 Å². The van der Waals surface area contributed by atoms with Gasteiger partial charge in [0.15, 0.2) is 9.84 Å². The summed E-state index contributed by atoms with van der Waals surface area (Å²) in [6, 6.07) is 4.46. The van der Waals surface area contributed by atoms with Crippen molar-refractivity contribution in [3.8, 4) is 5.75 Å². The molecule has 7 heteroatoms. The fourth-order valence-electron chi connectivity index (χ4n) is 1.47. The first-order valence-electron chi connectivity index (χ1n) is 6.41. The number of methoxy groups -OCH3 is 1. The van der Waals surface area contributed by atoms with Crippen molar-refractivity contribution < 1.29 is 22.7 Å². The Labute approximate surface area is 125 Å². The molecule has 0 aliphatic carbocycles. The molecule has 0 unspecified atom stereocenters. The lowest BCUT2D eigenvalue weighted by atomic mass is 10.2. The molecule has 0 aromatic heterocycles. The van der Waals surface area contributed by atoms with E-state index in [2.05, 4.69) is 4.74 Å². The number of carbonyl (C=O) groups excluding carboxylic acids is 1. The summed E-state index contributed by atoms with van der Waals surface area (Å²) in [5, 5.41) is 0. The molecule has 1 aromatic rings. The highest BCUT2D eigenvalue weighted by molar-refractivity contribution is 7.92. The lowest BCUT2D eigenvalue weighted by Crippen LogP contribution is -2.32. The van der Waals surface area contributed by atoms with Gasteiger partial charge in [-0.05, 0) is 39.0 Å². The van der Waals surface area contributed by atoms with Crippen LogP contribution < -0.4 is 10.5 Å². The first kappa shape index (κ1) is 17.3. The van der Waals surface area contributed by atoms with Gasteiger partial charge >= 0.3 is 5.97 Å². The van der Waals surface area contributed by atoms with Gasteiger partial charge in [0.25, 0.3) is 0 Å². The highest BCUT2D eigenvalue weighted by atomic mass is 32.2. The Bertz CT molecular complexity index is 617. The van der Waals surface area contributed by atoms with Crippen molar-refractivity contribution >= 4 is 21.5 Å². The van der Waals surface area contributed by atoms with Crippen LogP contribution in [0.5, 0.6) is 5.75 Å². The van der Waals surface area contributed by atoms with Crippen LogP contribution in [-0.4, -0.2) is 38.6 Å². The van der Waals surface area contributed by atoms with Gasteiger partial charge in [-0.15, -0.1) is 0 Å². The summed E-state index contributed by atoms with van der Waals surface area (Å²) in [5.41, 5.74) is 6.36. The molecule has 0 fully saturated rings. The summed E-state index contributed by atoms with van der Waals surface area (Å²) in [5.74, 6) is -0.373. The normalized spacial score (nSPS) is 12.0. The van der Waals surface area contributed by atoms with Gasteiger partial charge in [0.05, 0.1) is 28.9 Å². The number of ether oxygens (including phenoxy) is 2. The van der Waals surface area contributed by atoms with E-state index in [4.69, 9.17) is 10.5 Å². The Morgan fingerprint density at radius 3 is 2.43 bits per heavy atom. The number of hydrogen-bond acceptors (Lipinski definition) is 6. The fourth-order valence-corrected chi connectivity index (χ4v) is 2.39. The second-order valence-corrected chi connectivity index (χ2v) is 8.39. The van der Waals surface area contributed by atoms with Crippen LogP contribution in [0.3, 0.4) is 0 Å². The second-order valence-electron chi connectivity index (χ2n) is 5.52. The van der Waals surface area contributed by atoms with Crippen LogP contribution in [0.1, 0.15) is 31.1 Å². The number of nitrogens with two attached hydrogens (primary N) is 1. The number of sulfone groups is 1. The number of esters is 1. The SMILES string of the molecule is COC(=O)c1ccc(N)c(OCCS(=O)(=O)C(C)(C)C)c1. The molecule has 0 radical (unpaired) electrons. The molecule has 0 aliphatic rings. The summed E-state index contributed by atoms with van der Waals surface area (Å²) in [6.07, 6.45) is 0. The quantitative estimate of drug-likeness (QED) is 0.655. The standard InChI is InChI=1S/C14H21NO5S/c1-14(2,3)21(17,18)8-7-20-12-9-10(13(16)19-4)5-6-11(12)15/h5-6,9H,7-8,15H2,1-4H3. The van der Waals surface area contributed by atoms with Crippen molar-refractivity contribution in [2.24, 2.45) is 0 Å². The third kappa shape index (κ3) is 4.35. The van der Waals surface area contributed by atoms with Gasteiger partial charge in [-0.1, -0.05) is 0 Å². The van der Waals surface area contributed by atoms with Gasteiger partial charge in [0.1, 0.15) is 12.4 Å². The first-order valence-corrected chi connectivity index (χ1v) is 8.06. The van der Waals surface area contributed by atoms with E-state index in [9.17, 15) is 13.2 Å². The smallest absolute Gasteiger partial charge is 0.337 e. The van der Waals surface area contributed by atoms with E-state index >= 15 is 0 Å². The summed E-state index contributed by atoms with van der Waals surface area (Å²) < 4.78 is 33.1. The van der Waals surface area contributed by atoms with E-state index in [-0.39, 0.29) is 18.1 Å². The highest BCUT2D eigenvalue weighted by Crippen LogP contribution is 2.24. The lowest BCUT2D eigenvalue weighted by molar-refractivity contribution is 0.0600. The third-order valence-electron chi connectivity index (χ3n) is 2.98. The van der Waals surface area contributed by atoms with Gasteiger partial charge in [-0.25, -0.2) is 13.2 Å². The predicted octanol–water partition coefficient (Wildman–Crippen LogP) is 1.65. The average molecular weight is 315 g/mol. The van der Waals surface area contributed by atoms with Crippen LogP contribution in [0, 0.1) is 0 Å². The molecule has 0 bridgehead atoms. The molecule has 118 valence electrons. The monoisotopic (exact) mass is 315 g/mol. The van der Waals surface area contributed by atoms with E-state index in [1.54, 1.807) is 20.8 Å². The Balaban J connectivity index is 2.79. The molecule has 21 heavy (non-hydrogen) atoms. The summed E-state index contributed by atoms with van der Waals surface area (Å²) in [6.45, 7) is 4.87. The van der Waals surface area contributed by atoms with Crippen LogP contribution in [0.15, 0.2) is 18.2 Å². The first-order chi connectivity index (χ1) is 9.58. The number of rotatable bonds is 5. The highest BCUT2D eigenvalue weighted by Gasteiger charge is 2.28. The van der Waals surface area contributed by atoms with E-state index in [0.717, 1.165) is 0 Å². The molecule has 1 rings (SSSR count). The molecule has 0 amide bonds. The maximum atomic E-state index is 12.0. The zero-order valence-corrected chi connectivity index (χ0v) is 13.5. The van der Waals surface area contributed by atoms with Crippen molar-refractivity contribution in [1.82, 2.24) is 0 Å². The molecule has 6 nitrogen and oxygen atoms in total. The Morgan fingerprint density at radius 1 is 1.29 bits per heavy atom. The molecule has 0 atom stereocenters. The molecular weight excluding hydrogens is 294 g/mol. The topological polar surface area (TPSA) is 95.7 Å². The third-order valence-corrected chi connectivity index (χ3v) is 5.55. The minimum atomic E-state index is -3.27. The van der Waals surface area contributed by atoms with Crippen LogP contribution in [0.25, 0.3) is 0 Å². The maximum absolute atomic E-state index is 12.0. The fraction of sp³-hybridized carbons (Fsp3) is 0.500. The molecule has 0 saturated carbocycles. The van der Waals surface area contributed by atoms with Crippen LogP contribution in [0.2, 0.25) is 0 Å². The minimum absolute atomic E-state index is 0.0333. The summed E-state index contributed by atoms with van der Waals surface area (Å²) in [4.78, 5) is 11.4. The number of nitrogen functional groups attached to an aromatic ring is 1. The molecule has 0 saturated heterocycles. The zero-order chi connectivity index (χ0) is 16.3. The van der Waals surface area contributed by atoms with Gasteiger partial charge in [-0.2, -0.15) is 0 Å². The number of hydrogen-bond donors (Lipinski definition) is 1. The van der Waals surface area contributed by atoms with Crippen molar-refractivity contribution in [2.75, 3.05) is 25.2 Å². The number of anilines is 1. The zero-order valence-electron chi connectivity index (χ0n) is 12.7. The predicted molar refractivity (Wildman–Crippen MR) is 81.2 cm³/mol. The van der Waals surface area contributed by atoms with Crippen LogP contribution in [-0.2, 0) is 14.6 Å². The summed E-state index contributed by atoms with van der Waals surface area (Å²) >= 11 is 0. The van der Waals surface area contributed by atoms with E-state index in [0.29, 0.717) is 11.3 Å². The van der Waals surface area contributed by atoms with E-state index in [1.165, 1.54) is 25.3 Å². The molecular formula is C14H21NO5S. The van der Waals surface area contributed by atoms with E-state index in [1.807, 2.05) is 0 Å². The van der Waals surface area contributed by atoms with Crippen LogP contribution >= 0.6 is 0 Å². The number of benzene rings is 1. The molecule has 0 heterocycles. The minimum Gasteiger partial charge on any atom is -0.490 e. The Kier molecular flexibility index (Phi) is 5.22. The van der Waals surface area contributed by atoms with Gasteiger partial charge in [-0.3, -0.25) is 0 Å².